The molecule has 5 heteroatoms. The third kappa shape index (κ3) is 4.54. The lowest BCUT2D eigenvalue weighted by molar-refractivity contribution is -0.117. The molecular formula is C11H12F2N2O. The molecule has 0 aliphatic rings. The highest BCUT2D eigenvalue weighted by molar-refractivity contribution is 5.91. The largest absolute Gasteiger partial charge is 0.399 e. The van der Waals surface area contributed by atoms with Gasteiger partial charge >= 0.3 is 0 Å². The van der Waals surface area contributed by atoms with Crippen molar-refractivity contribution >= 4 is 17.7 Å². The van der Waals surface area contributed by atoms with E-state index in [9.17, 15) is 13.6 Å². The molecule has 0 atom stereocenters. The van der Waals surface area contributed by atoms with E-state index in [4.69, 9.17) is 5.73 Å². The number of carbonyl (C=O) groups excluding carboxylic acids is 1. The van der Waals surface area contributed by atoms with Gasteiger partial charge in [0.25, 0.3) is 6.43 Å². The van der Waals surface area contributed by atoms with Crippen molar-refractivity contribution in [2.75, 3.05) is 12.3 Å². The van der Waals surface area contributed by atoms with Crippen molar-refractivity contribution in [1.29, 1.82) is 0 Å². The van der Waals surface area contributed by atoms with Gasteiger partial charge in [-0.25, -0.2) is 8.78 Å². The van der Waals surface area contributed by atoms with E-state index in [1.165, 1.54) is 12.2 Å². The van der Waals surface area contributed by atoms with Crippen LogP contribution in [-0.2, 0) is 4.79 Å². The van der Waals surface area contributed by atoms with Gasteiger partial charge in [0.1, 0.15) is 0 Å². The molecule has 1 amide bonds. The molecule has 1 aromatic carbocycles. The molecule has 0 aliphatic carbocycles. The van der Waals surface area contributed by atoms with Crippen LogP contribution in [-0.4, -0.2) is 18.9 Å². The van der Waals surface area contributed by atoms with Crippen LogP contribution in [0.4, 0.5) is 14.5 Å². The minimum absolute atomic E-state index is 0.544. The number of amides is 1. The minimum atomic E-state index is -2.53. The molecule has 0 aliphatic heterocycles. The fourth-order valence-corrected chi connectivity index (χ4v) is 1.02. The summed E-state index contributed by atoms with van der Waals surface area (Å²) in [5, 5.41) is 2.06. The first-order chi connectivity index (χ1) is 7.58. The Labute approximate surface area is 91.9 Å². The van der Waals surface area contributed by atoms with Crippen LogP contribution < -0.4 is 11.1 Å². The zero-order valence-corrected chi connectivity index (χ0v) is 8.49. The van der Waals surface area contributed by atoms with Crippen LogP contribution >= 0.6 is 0 Å². The van der Waals surface area contributed by atoms with Gasteiger partial charge in [0.05, 0.1) is 6.54 Å². The Hall–Kier alpha value is -1.91. The molecule has 86 valence electrons. The summed E-state index contributed by atoms with van der Waals surface area (Å²) in [5.74, 6) is -0.544. The number of hydrogen-bond donors (Lipinski definition) is 2. The van der Waals surface area contributed by atoms with Gasteiger partial charge in [-0.3, -0.25) is 4.79 Å². The summed E-state index contributed by atoms with van der Waals surface area (Å²) < 4.78 is 23.5. The van der Waals surface area contributed by atoms with Gasteiger partial charge < -0.3 is 11.1 Å². The molecule has 0 spiro atoms. The number of nitrogens with one attached hydrogen (secondary N) is 1. The van der Waals surface area contributed by atoms with E-state index >= 15 is 0 Å². The number of hydrogen-bond acceptors (Lipinski definition) is 2. The van der Waals surface area contributed by atoms with Crippen LogP contribution in [0, 0.1) is 0 Å². The van der Waals surface area contributed by atoms with E-state index in [2.05, 4.69) is 5.32 Å². The average molecular weight is 226 g/mol. The highest BCUT2D eigenvalue weighted by Gasteiger charge is 2.02. The van der Waals surface area contributed by atoms with Crippen molar-refractivity contribution in [3.8, 4) is 0 Å². The fourth-order valence-electron chi connectivity index (χ4n) is 1.02. The molecule has 0 fully saturated rings. The second-order valence-corrected chi connectivity index (χ2v) is 3.14. The molecular weight excluding hydrogens is 214 g/mol. The molecule has 1 aromatic rings. The Kier molecular flexibility index (Phi) is 4.44. The molecule has 1 rings (SSSR count). The second kappa shape index (κ2) is 5.85. The molecule has 0 aromatic heterocycles. The van der Waals surface area contributed by atoms with Crippen molar-refractivity contribution in [2.24, 2.45) is 0 Å². The van der Waals surface area contributed by atoms with E-state index in [0.29, 0.717) is 5.69 Å². The van der Waals surface area contributed by atoms with Crippen molar-refractivity contribution in [3.05, 3.63) is 35.9 Å². The normalized spacial score (nSPS) is 10.9. The van der Waals surface area contributed by atoms with Crippen LogP contribution in [0.5, 0.6) is 0 Å². The lowest BCUT2D eigenvalue weighted by Crippen LogP contribution is -2.26. The van der Waals surface area contributed by atoms with Gasteiger partial charge in [0.15, 0.2) is 0 Å². The summed E-state index contributed by atoms with van der Waals surface area (Å²) in [7, 11) is 0. The van der Waals surface area contributed by atoms with E-state index in [1.807, 2.05) is 0 Å². The van der Waals surface area contributed by atoms with Crippen LogP contribution in [0.3, 0.4) is 0 Å². The molecule has 0 bridgehead atoms. The predicted octanol–water partition coefficient (Wildman–Crippen LogP) is 1.66. The number of carbonyl (C=O) groups is 1. The Morgan fingerprint density at radius 3 is 2.56 bits per heavy atom. The van der Waals surface area contributed by atoms with Gasteiger partial charge in [-0.2, -0.15) is 0 Å². The Balaban J connectivity index is 2.47. The van der Waals surface area contributed by atoms with E-state index in [0.717, 1.165) is 5.56 Å². The zero-order chi connectivity index (χ0) is 12.0. The van der Waals surface area contributed by atoms with Crippen LogP contribution in [0.25, 0.3) is 6.08 Å². The number of alkyl halides is 2. The number of rotatable bonds is 4. The first-order valence-electron chi connectivity index (χ1n) is 4.67. The summed E-state index contributed by atoms with van der Waals surface area (Å²) in [5.41, 5.74) is 6.88. The molecule has 0 unspecified atom stereocenters. The maximum Gasteiger partial charge on any atom is 0.255 e. The Morgan fingerprint density at radius 1 is 1.38 bits per heavy atom. The lowest BCUT2D eigenvalue weighted by Gasteiger charge is -1.99. The summed E-state index contributed by atoms with van der Waals surface area (Å²) >= 11 is 0. The third-order valence-electron chi connectivity index (χ3n) is 1.79. The smallest absolute Gasteiger partial charge is 0.255 e. The summed E-state index contributed by atoms with van der Waals surface area (Å²) in [4.78, 5) is 11.0. The van der Waals surface area contributed by atoms with Crippen molar-refractivity contribution in [1.82, 2.24) is 5.32 Å². The molecule has 0 radical (unpaired) electrons. The van der Waals surface area contributed by atoms with Crippen molar-refractivity contribution < 1.29 is 13.6 Å². The number of nitrogen functional groups attached to an aromatic ring is 1. The van der Waals surface area contributed by atoms with E-state index in [-0.39, 0.29) is 0 Å². The SMILES string of the molecule is Nc1ccc(/C=C/C(=O)NCC(F)F)cc1. The van der Waals surface area contributed by atoms with E-state index in [1.54, 1.807) is 24.3 Å². The van der Waals surface area contributed by atoms with Crippen LogP contribution in [0.2, 0.25) is 0 Å². The minimum Gasteiger partial charge on any atom is -0.399 e. The molecule has 0 saturated carbocycles. The number of halogens is 2. The van der Waals surface area contributed by atoms with Crippen molar-refractivity contribution in [3.63, 3.8) is 0 Å². The molecule has 3 nitrogen and oxygen atoms in total. The first kappa shape index (κ1) is 12.2. The van der Waals surface area contributed by atoms with Gasteiger partial charge in [-0.1, -0.05) is 12.1 Å². The highest BCUT2D eigenvalue weighted by atomic mass is 19.3. The van der Waals surface area contributed by atoms with Gasteiger partial charge in [0, 0.05) is 11.8 Å². The monoisotopic (exact) mass is 226 g/mol. The standard InChI is InChI=1S/C11H12F2N2O/c12-10(13)7-15-11(16)6-3-8-1-4-9(14)5-2-8/h1-6,10H,7,14H2,(H,15,16)/b6-3+. The quantitative estimate of drug-likeness (QED) is 0.606. The zero-order valence-electron chi connectivity index (χ0n) is 8.49. The maximum absolute atomic E-state index is 11.8. The van der Waals surface area contributed by atoms with E-state index < -0.39 is 18.9 Å². The third-order valence-corrected chi connectivity index (χ3v) is 1.79. The summed E-state index contributed by atoms with van der Waals surface area (Å²) in [6.07, 6.45) is 0.197. The average Bonchev–Trinajstić information content (AvgIpc) is 2.25. The molecule has 16 heavy (non-hydrogen) atoms. The molecule has 0 heterocycles. The fraction of sp³-hybridized carbons (Fsp3) is 0.182. The Morgan fingerprint density at radius 2 is 2.00 bits per heavy atom. The van der Waals surface area contributed by atoms with Crippen LogP contribution in [0.15, 0.2) is 30.3 Å². The van der Waals surface area contributed by atoms with Crippen molar-refractivity contribution in [2.45, 2.75) is 6.43 Å². The van der Waals surface area contributed by atoms with Crippen LogP contribution in [0.1, 0.15) is 5.56 Å². The second-order valence-electron chi connectivity index (χ2n) is 3.14. The first-order valence-corrected chi connectivity index (χ1v) is 4.67. The topological polar surface area (TPSA) is 55.1 Å². The maximum atomic E-state index is 11.8. The summed E-state index contributed by atoms with van der Waals surface area (Å²) in [6, 6.07) is 6.84. The lowest BCUT2D eigenvalue weighted by atomic mass is 10.2. The van der Waals surface area contributed by atoms with Gasteiger partial charge in [-0.15, -0.1) is 0 Å². The molecule has 3 N–H and O–H groups in total. The number of benzene rings is 1. The predicted molar refractivity (Wildman–Crippen MR) is 58.9 cm³/mol. The number of nitrogens with two attached hydrogens (primary N) is 1. The van der Waals surface area contributed by atoms with Gasteiger partial charge in [-0.05, 0) is 23.8 Å². The Bertz CT molecular complexity index is 374. The summed E-state index contributed by atoms with van der Waals surface area (Å²) in [6.45, 7) is -0.634. The van der Waals surface area contributed by atoms with Gasteiger partial charge in [0.2, 0.25) is 5.91 Å². The molecule has 0 saturated heterocycles. The number of anilines is 1. The highest BCUT2D eigenvalue weighted by Crippen LogP contribution is 2.06.